The van der Waals surface area contributed by atoms with E-state index >= 15 is 0 Å². The molecule has 118 valence electrons. The third-order valence-corrected chi connectivity index (χ3v) is 3.50. The van der Waals surface area contributed by atoms with Crippen molar-refractivity contribution in [3.05, 3.63) is 32.6 Å². The molecule has 2 heterocycles. The molecule has 0 spiro atoms. The van der Waals surface area contributed by atoms with Gasteiger partial charge in [0.1, 0.15) is 12.3 Å². The molecule has 1 aromatic rings. The van der Waals surface area contributed by atoms with Crippen molar-refractivity contribution in [3.63, 3.8) is 0 Å². The van der Waals surface area contributed by atoms with Crippen LogP contribution in [0.25, 0.3) is 0 Å². The van der Waals surface area contributed by atoms with E-state index in [1.807, 2.05) is 0 Å². The smallest absolute Gasteiger partial charge is 0.388 e. The molecule has 1 fully saturated rings. The molecule has 1 aromatic heterocycles. The summed E-state index contributed by atoms with van der Waals surface area (Å²) in [7, 11) is -4.84. The number of H-pyrrole nitrogens is 1. The number of aryl methyl sites for hydroxylation is 1. The molecule has 1 aliphatic heterocycles. The summed E-state index contributed by atoms with van der Waals surface area (Å²) in [6.45, 7) is 1.73. The fourth-order valence-electron chi connectivity index (χ4n) is 2.02. The Morgan fingerprint density at radius 1 is 1.52 bits per heavy atom. The second-order valence-electron chi connectivity index (χ2n) is 4.53. The normalized spacial score (nSPS) is 26.2. The molecule has 0 amide bonds. The summed E-state index contributed by atoms with van der Waals surface area (Å²) >= 11 is 0. The molecule has 2 rings (SSSR count). The van der Waals surface area contributed by atoms with Crippen molar-refractivity contribution in [2.75, 3.05) is 0 Å². The fraction of sp³-hybridized carbons (Fsp3) is 0.600. The quantitative estimate of drug-likeness (QED) is 0.505. The van der Waals surface area contributed by atoms with Crippen LogP contribution in [0.2, 0.25) is 0 Å². The Balaban J connectivity index is 2.27. The Morgan fingerprint density at radius 3 is 2.76 bits per heavy atom. The van der Waals surface area contributed by atoms with Gasteiger partial charge in [-0.1, -0.05) is 6.92 Å². The minimum absolute atomic E-state index is 0.111. The van der Waals surface area contributed by atoms with Gasteiger partial charge >= 0.3 is 13.5 Å². The summed E-state index contributed by atoms with van der Waals surface area (Å²) in [4.78, 5) is 42.7. The number of phosphoric ester groups is 1. The van der Waals surface area contributed by atoms with Crippen LogP contribution in [0, 0.1) is 0 Å². The maximum absolute atomic E-state index is 11.7. The zero-order valence-corrected chi connectivity index (χ0v) is 11.9. The minimum atomic E-state index is -4.84. The molecular formula is C10H15N2O8P. The van der Waals surface area contributed by atoms with Crippen molar-refractivity contribution in [2.45, 2.75) is 38.4 Å². The van der Waals surface area contributed by atoms with Gasteiger partial charge in [0.15, 0.2) is 6.29 Å². The lowest BCUT2D eigenvalue weighted by molar-refractivity contribution is -0.135. The van der Waals surface area contributed by atoms with Gasteiger partial charge in [0.05, 0.1) is 0 Å². The van der Waals surface area contributed by atoms with Gasteiger partial charge in [-0.05, 0) is 6.42 Å². The molecule has 0 bridgehead atoms. The van der Waals surface area contributed by atoms with Crippen molar-refractivity contribution in [1.29, 1.82) is 0 Å². The van der Waals surface area contributed by atoms with Gasteiger partial charge in [-0.3, -0.25) is 18.9 Å². The lowest BCUT2D eigenvalue weighted by atomic mass is 10.2. The average molecular weight is 322 g/mol. The van der Waals surface area contributed by atoms with E-state index in [1.54, 1.807) is 6.92 Å². The highest BCUT2D eigenvalue weighted by molar-refractivity contribution is 7.46. The van der Waals surface area contributed by atoms with E-state index in [2.05, 4.69) is 9.51 Å². The number of phosphoric acid groups is 1. The first-order valence-corrected chi connectivity index (χ1v) is 7.66. The molecule has 0 aliphatic carbocycles. The number of aliphatic hydroxyl groups excluding tert-OH is 1. The van der Waals surface area contributed by atoms with Gasteiger partial charge in [-0.25, -0.2) is 9.36 Å². The monoisotopic (exact) mass is 322 g/mol. The SMILES string of the molecule is CCc1cn([C@H]2C[C@H](O)[C@@H](OP(=O)(O)O)O2)c(=O)[nH]c1=O. The van der Waals surface area contributed by atoms with Gasteiger partial charge in [-0.15, -0.1) is 0 Å². The molecule has 0 saturated carbocycles. The summed E-state index contributed by atoms with van der Waals surface area (Å²) in [6.07, 6.45) is -2.30. The number of aliphatic hydroxyl groups is 1. The Morgan fingerprint density at radius 2 is 2.19 bits per heavy atom. The Bertz CT molecular complexity index is 676. The highest BCUT2D eigenvalue weighted by atomic mass is 31.2. The molecule has 21 heavy (non-hydrogen) atoms. The molecular weight excluding hydrogens is 307 g/mol. The fourth-order valence-corrected chi connectivity index (χ4v) is 2.48. The topological polar surface area (TPSA) is 151 Å². The van der Waals surface area contributed by atoms with Crippen LogP contribution in [0.1, 0.15) is 25.1 Å². The van der Waals surface area contributed by atoms with Crippen molar-refractivity contribution < 1.29 is 28.7 Å². The average Bonchev–Trinajstić information content (AvgIpc) is 2.68. The molecule has 3 atom stereocenters. The van der Waals surface area contributed by atoms with Crippen LogP contribution in [0.4, 0.5) is 0 Å². The summed E-state index contributed by atoms with van der Waals surface area (Å²) in [5.41, 5.74) is -0.918. The van der Waals surface area contributed by atoms with Crippen LogP contribution in [-0.4, -0.2) is 36.8 Å². The van der Waals surface area contributed by atoms with Crippen LogP contribution in [-0.2, 0) is 20.2 Å². The first kappa shape index (κ1) is 16.1. The number of aromatic nitrogens is 2. The third kappa shape index (κ3) is 3.67. The second-order valence-corrected chi connectivity index (χ2v) is 5.72. The number of ether oxygens (including phenoxy) is 1. The van der Waals surface area contributed by atoms with Crippen LogP contribution in [0.3, 0.4) is 0 Å². The van der Waals surface area contributed by atoms with Crippen molar-refractivity contribution >= 4 is 7.82 Å². The van der Waals surface area contributed by atoms with Gasteiger partial charge < -0.3 is 19.6 Å². The number of hydrogen-bond acceptors (Lipinski definition) is 6. The predicted molar refractivity (Wildman–Crippen MR) is 68.4 cm³/mol. The van der Waals surface area contributed by atoms with E-state index in [4.69, 9.17) is 14.5 Å². The number of hydrogen-bond donors (Lipinski definition) is 4. The summed E-state index contributed by atoms with van der Waals surface area (Å²) in [6, 6.07) is 0. The van der Waals surface area contributed by atoms with Crippen LogP contribution < -0.4 is 11.2 Å². The van der Waals surface area contributed by atoms with E-state index in [-0.39, 0.29) is 6.42 Å². The maximum atomic E-state index is 11.7. The Kier molecular flexibility index (Phi) is 4.47. The zero-order chi connectivity index (χ0) is 15.8. The predicted octanol–water partition coefficient (Wildman–Crippen LogP) is -1.19. The molecule has 11 heteroatoms. The van der Waals surface area contributed by atoms with E-state index in [1.165, 1.54) is 6.20 Å². The van der Waals surface area contributed by atoms with E-state index in [9.17, 15) is 19.3 Å². The van der Waals surface area contributed by atoms with Crippen molar-refractivity contribution in [1.82, 2.24) is 9.55 Å². The van der Waals surface area contributed by atoms with Crippen LogP contribution >= 0.6 is 7.82 Å². The maximum Gasteiger partial charge on any atom is 0.472 e. The molecule has 1 saturated heterocycles. The van der Waals surface area contributed by atoms with E-state index < -0.39 is 37.7 Å². The molecule has 1 aliphatic rings. The number of nitrogens with one attached hydrogen (secondary N) is 1. The number of nitrogens with zero attached hydrogens (tertiary/aromatic N) is 1. The van der Waals surface area contributed by atoms with E-state index in [0.717, 1.165) is 4.57 Å². The standard InChI is InChI=1S/C10H15N2O8P/c1-2-5-4-12(10(15)11-8(5)14)7-3-6(13)9(19-7)20-21(16,17)18/h4,6-7,9,13H,2-3H2,1H3,(H,11,14,15)(H2,16,17,18)/t6-,7+,9+/m0/s1. The Labute approximate surface area is 118 Å². The lowest BCUT2D eigenvalue weighted by Gasteiger charge is -2.17. The number of rotatable bonds is 4. The minimum Gasteiger partial charge on any atom is -0.388 e. The molecule has 4 N–H and O–H groups in total. The van der Waals surface area contributed by atoms with Gasteiger partial charge in [0.2, 0.25) is 0 Å². The lowest BCUT2D eigenvalue weighted by Crippen LogP contribution is -2.34. The summed E-state index contributed by atoms with van der Waals surface area (Å²) in [5.74, 6) is 0. The summed E-state index contributed by atoms with van der Waals surface area (Å²) < 4.78 is 21.2. The second kappa shape index (κ2) is 5.84. The van der Waals surface area contributed by atoms with Crippen LogP contribution in [0.15, 0.2) is 15.8 Å². The first-order valence-electron chi connectivity index (χ1n) is 6.13. The van der Waals surface area contributed by atoms with E-state index in [0.29, 0.717) is 12.0 Å². The molecule has 0 aromatic carbocycles. The third-order valence-electron chi connectivity index (χ3n) is 3.02. The molecule has 0 unspecified atom stereocenters. The number of aromatic amines is 1. The van der Waals surface area contributed by atoms with Crippen molar-refractivity contribution in [3.8, 4) is 0 Å². The van der Waals surface area contributed by atoms with Crippen molar-refractivity contribution in [2.24, 2.45) is 0 Å². The highest BCUT2D eigenvalue weighted by Gasteiger charge is 2.40. The Hall–Kier alpha value is -1.29. The van der Waals surface area contributed by atoms with Gasteiger partial charge in [-0.2, -0.15) is 0 Å². The highest BCUT2D eigenvalue weighted by Crippen LogP contribution is 2.42. The first-order chi connectivity index (χ1) is 9.71. The summed E-state index contributed by atoms with van der Waals surface area (Å²) in [5, 5.41) is 9.68. The molecule has 10 nitrogen and oxygen atoms in total. The van der Waals surface area contributed by atoms with Gasteiger partial charge in [0, 0.05) is 18.2 Å². The zero-order valence-electron chi connectivity index (χ0n) is 11.0. The van der Waals surface area contributed by atoms with Gasteiger partial charge in [0.25, 0.3) is 5.56 Å². The largest absolute Gasteiger partial charge is 0.472 e. The van der Waals surface area contributed by atoms with Crippen LogP contribution in [0.5, 0.6) is 0 Å². The molecule has 0 radical (unpaired) electrons.